The maximum Gasteiger partial charge on any atom is 0.338 e. The zero-order chi connectivity index (χ0) is 23.5. The van der Waals surface area contributed by atoms with Crippen molar-refractivity contribution in [1.29, 1.82) is 0 Å². The SMILES string of the molecule is COC(=O)c1cc(Cl)c2c(c1C)OC(C)(C13CCC(CC(=O)OC(C)(C)C)(CC1)CC3)O2. The van der Waals surface area contributed by atoms with Crippen LogP contribution in [0.1, 0.15) is 88.6 Å². The summed E-state index contributed by atoms with van der Waals surface area (Å²) in [4.78, 5) is 24.7. The van der Waals surface area contributed by atoms with Gasteiger partial charge < -0.3 is 18.9 Å². The summed E-state index contributed by atoms with van der Waals surface area (Å²) in [6, 6.07) is 1.59. The minimum absolute atomic E-state index is 0.00247. The van der Waals surface area contributed by atoms with E-state index in [0.29, 0.717) is 34.1 Å². The fourth-order valence-electron chi connectivity index (χ4n) is 5.76. The highest BCUT2D eigenvalue weighted by atomic mass is 35.5. The standard InChI is InChI=1S/C25H33ClO6/c1-15-16(21(28)29-6)13-17(26)20-19(15)31-23(5,32-20)25-10-7-24(8-11-25,9-12-25)14-18(27)30-22(2,3)4/h13H,7-12,14H2,1-6H3. The van der Waals surface area contributed by atoms with Gasteiger partial charge in [0.2, 0.25) is 0 Å². The molecule has 1 heterocycles. The second-order valence-electron chi connectivity index (χ2n) is 10.9. The van der Waals surface area contributed by atoms with Crippen LogP contribution in [0.2, 0.25) is 5.02 Å². The van der Waals surface area contributed by atoms with Crippen molar-refractivity contribution in [3.63, 3.8) is 0 Å². The Labute approximate surface area is 194 Å². The van der Waals surface area contributed by atoms with Crippen molar-refractivity contribution in [3.8, 4) is 11.5 Å². The second kappa shape index (κ2) is 7.54. The molecule has 1 atom stereocenters. The summed E-state index contributed by atoms with van der Waals surface area (Å²) in [5, 5.41) is 0.344. The van der Waals surface area contributed by atoms with Crippen molar-refractivity contribution in [2.75, 3.05) is 7.11 Å². The summed E-state index contributed by atoms with van der Waals surface area (Å²) >= 11 is 6.48. The molecule has 0 radical (unpaired) electrons. The molecule has 1 unspecified atom stereocenters. The number of halogens is 1. The van der Waals surface area contributed by atoms with Crippen LogP contribution in [0.15, 0.2) is 6.07 Å². The van der Waals surface area contributed by atoms with E-state index in [9.17, 15) is 9.59 Å². The molecule has 0 amide bonds. The van der Waals surface area contributed by atoms with Gasteiger partial charge in [-0.15, -0.1) is 0 Å². The largest absolute Gasteiger partial charge is 0.465 e. The smallest absolute Gasteiger partial charge is 0.338 e. The van der Waals surface area contributed by atoms with Gasteiger partial charge in [0.1, 0.15) is 5.60 Å². The maximum atomic E-state index is 12.5. The first-order valence-electron chi connectivity index (χ1n) is 11.3. The lowest BCUT2D eigenvalue weighted by molar-refractivity contribution is -0.214. The van der Waals surface area contributed by atoms with Crippen molar-refractivity contribution in [1.82, 2.24) is 0 Å². The Kier molecular flexibility index (Phi) is 5.47. The fourth-order valence-corrected chi connectivity index (χ4v) is 6.00. The molecule has 5 rings (SSSR count). The van der Waals surface area contributed by atoms with E-state index >= 15 is 0 Å². The molecule has 0 N–H and O–H groups in total. The Balaban J connectivity index is 1.53. The van der Waals surface area contributed by atoms with Gasteiger partial charge in [0.25, 0.3) is 5.79 Å². The average molecular weight is 465 g/mol. The highest BCUT2D eigenvalue weighted by molar-refractivity contribution is 6.32. The first kappa shape index (κ1) is 23.2. The predicted octanol–water partition coefficient (Wildman–Crippen LogP) is 5.99. The number of carbonyl (C=O) groups is 2. The molecule has 3 fully saturated rings. The van der Waals surface area contributed by atoms with Crippen LogP contribution in [-0.4, -0.2) is 30.4 Å². The molecule has 4 aliphatic rings. The molecule has 2 bridgehead atoms. The van der Waals surface area contributed by atoms with Crippen LogP contribution in [0.4, 0.5) is 0 Å². The first-order chi connectivity index (χ1) is 14.8. The van der Waals surface area contributed by atoms with Crippen LogP contribution in [-0.2, 0) is 14.3 Å². The molecule has 7 heteroatoms. The van der Waals surface area contributed by atoms with Gasteiger partial charge in [-0.25, -0.2) is 4.79 Å². The molecule has 3 aliphatic carbocycles. The summed E-state index contributed by atoms with van der Waals surface area (Å²) < 4.78 is 23.4. The van der Waals surface area contributed by atoms with E-state index in [1.54, 1.807) is 6.07 Å². The van der Waals surface area contributed by atoms with Crippen molar-refractivity contribution in [2.24, 2.45) is 10.8 Å². The molecule has 0 saturated heterocycles. The van der Waals surface area contributed by atoms with Gasteiger partial charge in [-0.3, -0.25) is 4.79 Å². The molecule has 1 aromatic carbocycles. The van der Waals surface area contributed by atoms with E-state index in [-0.39, 0.29) is 16.8 Å². The fraction of sp³-hybridized carbons (Fsp3) is 0.680. The molecule has 0 spiro atoms. The molecule has 0 aromatic heterocycles. The summed E-state index contributed by atoms with van der Waals surface area (Å²) in [7, 11) is 1.34. The zero-order valence-electron chi connectivity index (χ0n) is 19.9. The first-order valence-corrected chi connectivity index (χ1v) is 11.7. The Bertz CT molecular complexity index is 938. The van der Waals surface area contributed by atoms with Gasteiger partial charge in [0, 0.05) is 17.9 Å². The number of benzene rings is 1. The number of ether oxygens (including phenoxy) is 4. The molecular formula is C25H33ClO6. The number of methoxy groups -OCH3 is 1. The molecule has 176 valence electrons. The van der Waals surface area contributed by atoms with Crippen LogP contribution in [0.5, 0.6) is 11.5 Å². The number of fused-ring (bicyclic) bond motifs is 4. The lowest BCUT2D eigenvalue weighted by atomic mass is 9.50. The number of hydrogen-bond donors (Lipinski definition) is 0. The molecule has 1 aromatic rings. The van der Waals surface area contributed by atoms with Gasteiger partial charge in [-0.2, -0.15) is 0 Å². The molecule has 1 aliphatic heterocycles. The van der Waals surface area contributed by atoms with Gasteiger partial charge in [0.05, 0.1) is 24.1 Å². The topological polar surface area (TPSA) is 71.1 Å². The predicted molar refractivity (Wildman–Crippen MR) is 120 cm³/mol. The lowest BCUT2D eigenvalue weighted by Gasteiger charge is -2.57. The quantitative estimate of drug-likeness (QED) is 0.509. The average Bonchev–Trinajstić information content (AvgIpc) is 3.10. The number of carbonyl (C=O) groups excluding carboxylic acids is 2. The van der Waals surface area contributed by atoms with Crippen LogP contribution in [0, 0.1) is 17.8 Å². The number of rotatable bonds is 4. The minimum atomic E-state index is -0.878. The highest BCUT2D eigenvalue weighted by Crippen LogP contribution is 2.65. The second-order valence-corrected chi connectivity index (χ2v) is 11.3. The molecule has 3 saturated carbocycles. The van der Waals surface area contributed by atoms with Crippen molar-refractivity contribution >= 4 is 23.5 Å². The Hall–Kier alpha value is -1.95. The monoisotopic (exact) mass is 464 g/mol. The molecular weight excluding hydrogens is 432 g/mol. The number of esters is 2. The Morgan fingerprint density at radius 1 is 1.06 bits per heavy atom. The van der Waals surface area contributed by atoms with Gasteiger partial charge in [-0.05, 0) is 77.7 Å². The van der Waals surface area contributed by atoms with Crippen molar-refractivity contribution in [2.45, 2.75) is 91.0 Å². The normalized spacial score (nSPS) is 30.8. The third-order valence-electron chi connectivity index (χ3n) is 7.74. The molecule has 32 heavy (non-hydrogen) atoms. The highest BCUT2D eigenvalue weighted by Gasteiger charge is 2.62. The van der Waals surface area contributed by atoms with Crippen molar-refractivity contribution < 1.29 is 28.5 Å². The van der Waals surface area contributed by atoms with E-state index in [0.717, 1.165) is 38.5 Å². The third-order valence-corrected chi connectivity index (χ3v) is 8.02. The Morgan fingerprint density at radius 3 is 2.16 bits per heavy atom. The summed E-state index contributed by atoms with van der Waals surface area (Å²) in [6.45, 7) is 9.51. The van der Waals surface area contributed by atoms with E-state index < -0.39 is 17.4 Å². The van der Waals surface area contributed by atoms with Crippen LogP contribution >= 0.6 is 11.6 Å². The summed E-state index contributed by atoms with van der Waals surface area (Å²) in [5.74, 6) is -0.436. The third kappa shape index (κ3) is 3.74. The summed E-state index contributed by atoms with van der Waals surface area (Å²) in [6.07, 6.45) is 5.98. The van der Waals surface area contributed by atoms with Gasteiger partial charge in [0.15, 0.2) is 11.5 Å². The van der Waals surface area contributed by atoms with E-state index in [1.807, 2.05) is 34.6 Å². The van der Waals surface area contributed by atoms with E-state index in [2.05, 4.69) is 0 Å². The number of hydrogen-bond acceptors (Lipinski definition) is 6. The van der Waals surface area contributed by atoms with Crippen LogP contribution in [0.25, 0.3) is 0 Å². The molecule has 6 nitrogen and oxygen atoms in total. The van der Waals surface area contributed by atoms with Gasteiger partial charge in [-0.1, -0.05) is 11.6 Å². The minimum Gasteiger partial charge on any atom is -0.465 e. The van der Waals surface area contributed by atoms with Crippen LogP contribution < -0.4 is 9.47 Å². The van der Waals surface area contributed by atoms with Crippen LogP contribution in [0.3, 0.4) is 0 Å². The zero-order valence-corrected chi connectivity index (χ0v) is 20.6. The lowest BCUT2D eigenvalue weighted by Crippen LogP contribution is -2.58. The Morgan fingerprint density at radius 2 is 1.62 bits per heavy atom. The van der Waals surface area contributed by atoms with Crippen molar-refractivity contribution in [3.05, 3.63) is 22.2 Å². The maximum absolute atomic E-state index is 12.5. The van der Waals surface area contributed by atoms with Gasteiger partial charge >= 0.3 is 11.9 Å². The van der Waals surface area contributed by atoms with E-state index in [4.69, 9.17) is 30.5 Å². The van der Waals surface area contributed by atoms with E-state index in [1.165, 1.54) is 7.11 Å². The summed E-state index contributed by atoms with van der Waals surface area (Å²) in [5.41, 5.74) is 0.402.